The maximum Gasteiger partial charge on any atom is 0.434 e. The number of hydrogen-bond donors (Lipinski definition) is 1. The van der Waals surface area contributed by atoms with E-state index in [4.69, 9.17) is 4.74 Å². The standard InChI is InChI=1S/C32H26F6N4O4/c1-30(12-13-30)29(45)41-15-20(16-41)19-10-8-18(9-11-19)17-46-26-21(4-2-5-23(26)31(33,34)35)24-6-3-7-25(40-24)42-27(32(36,37)38)22(14-39-42)28(43)44/h2-11,14,20H,12-13,15-17H2,1H3,(H,43,44). The quantitative estimate of drug-likeness (QED) is 0.208. The Hall–Kier alpha value is -4.88. The summed E-state index contributed by atoms with van der Waals surface area (Å²) in [7, 11) is 0. The summed E-state index contributed by atoms with van der Waals surface area (Å²) in [4.78, 5) is 29.9. The molecular weight excluding hydrogens is 618 g/mol. The van der Waals surface area contributed by atoms with Crippen molar-refractivity contribution in [2.45, 2.75) is 44.6 Å². The number of nitrogens with zero attached hydrogens (tertiary/aromatic N) is 4. The van der Waals surface area contributed by atoms with E-state index < -0.39 is 46.7 Å². The van der Waals surface area contributed by atoms with E-state index in [1.807, 2.05) is 24.0 Å². The van der Waals surface area contributed by atoms with Crippen molar-refractivity contribution in [3.8, 4) is 22.8 Å². The first kappa shape index (κ1) is 31.1. The highest BCUT2D eigenvalue weighted by atomic mass is 19.4. The number of aromatic nitrogens is 3. The number of halogens is 6. The van der Waals surface area contributed by atoms with Gasteiger partial charge in [-0.25, -0.2) is 14.5 Å². The third-order valence-corrected chi connectivity index (χ3v) is 8.34. The van der Waals surface area contributed by atoms with E-state index in [1.165, 1.54) is 18.2 Å². The Labute approximate surface area is 258 Å². The van der Waals surface area contributed by atoms with E-state index in [1.54, 1.807) is 12.1 Å². The predicted octanol–water partition coefficient (Wildman–Crippen LogP) is 6.98. The molecule has 46 heavy (non-hydrogen) atoms. The molecule has 0 bridgehead atoms. The number of alkyl halides is 6. The van der Waals surface area contributed by atoms with Gasteiger partial charge < -0.3 is 14.7 Å². The van der Waals surface area contributed by atoms with E-state index in [-0.39, 0.29) is 39.8 Å². The minimum Gasteiger partial charge on any atom is -0.488 e. The summed E-state index contributed by atoms with van der Waals surface area (Å²) in [5.41, 5.74) is -2.77. The topological polar surface area (TPSA) is 97.6 Å². The monoisotopic (exact) mass is 644 g/mol. The number of hydrogen-bond acceptors (Lipinski definition) is 5. The van der Waals surface area contributed by atoms with E-state index in [0.717, 1.165) is 36.6 Å². The van der Waals surface area contributed by atoms with Crippen LogP contribution in [0.4, 0.5) is 26.3 Å². The van der Waals surface area contributed by atoms with Crippen LogP contribution >= 0.6 is 0 Å². The van der Waals surface area contributed by atoms with Crippen LogP contribution in [0.15, 0.2) is 66.9 Å². The van der Waals surface area contributed by atoms with Crippen molar-refractivity contribution in [2.75, 3.05) is 13.1 Å². The largest absolute Gasteiger partial charge is 0.488 e. The third kappa shape index (κ3) is 5.90. The highest BCUT2D eigenvalue weighted by molar-refractivity contribution is 5.89. The minimum atomic E-state index is -5.12. The molecule has 1 aliphatic carbocycles. The molecule has 0 spiro atoms. The number of carbonyl (C=O) groups excluding carboxylic acids is 1. The van der Waals surface area contributed by atoms with Crippen LogP contribution in [0.2, 0.25) is 0 Å². The van der Waals surface area contributed by atoms with Gasteiger partial charge in [0, 0.05) is 30.0 Å². The molecule has 0 unspecified atom stereocenters. The Bertz CT molecular complexity index is 1810. The molecule has 14 heteroatoms. The van der Waals surface area contributed by atoms with Gasteiger partial charge in [0.2, 0.25) is 5.91 Å². The van der Waals surface area contributed by atoms with Gasteiger partial charge in [-0.3, -0.25) is 4.79 Å². The molecule has 3 heterocycles. The minimum absolute atomic E-state index is 0.143. The van der Waals surface area contributed by atoms with Gasteiger partial charge in [-0.1, -0.05) is 43.3 Å². The Balaban J connectivity index is 1.26. The average molecular weight is 645 g/mol. The fourth-order valence-corrected chi connectivity index (χ4v) is 5.44. The zero-order valence-electron chi connectivity index (χ0n) is 24.2. The van der Waals surface area contributed by atoms with Crippen molar-refractivity contribution in [3.05, 3.63) is 94.8 Å². The molecule has 2 fully saturated rings. The van der Waals surface area contributed by atoms with Crippen molar-refractivity contribution in [2.24, 2.45) is 5.41 Å². The van der Waals surface area contributed by atoms with E-state index in [2.05, 4.69) is 10.1 Å². The summed E-state index contributed by atoms with van der Waals surface area (Å²) in [5, 5.41) is 12.8. The van der Waals surface area contributed by atoms with Crippen LogP contribution in [-0.4, -0.2) is 49.7 Å². The Morgan fingerprint density at radius 2 is 1.63 bits per heavy atom. The van der Waals surface area contributed by atoms with Gasteiger partial charge in [0.05, 0.1) is 17.5 Å². The second-order valence-electron chi connectivity index (χ2n) is 11.7. The first-order valence-corrected chi connectivity index (χ1v) is 14.2. The van der Waals surface area contributed by atoms with Crippen LogP contribution in [0.1, 0.15) is 58.4 Å². The average Bonchev–Trinajstić information content (AvgIpc) is 3.55. The number of rotatable bonds is 8. The highest BCUT2D eigenvalue weighted by Crippen LogP contribution is 2.48. The van der Waals surface area contributed by atoms with Gasteiger partial charge in [-0.05, 0) is 48.2 Å². The van der Waals surface area contributed by atoms with Crippen molar-refractivity contribution in [1.82, 2.24) is 19.7 Å². The number of ether oxygens (including phenoxy) is 1. The molecule has 2 aromatic heterocycles. The lowest BCUT2D eigenvalue weighted by Crippen LogP contribution is -2.50. The Morgan fingerprint density at radius 1 is 0.957 bits per heavy atom. The van der Waals surface area contributed by atoms with Gasteiger partial charge in [0.1, 0.15) is 17.9 Å². The first-order valence-electron chi connectivity index (χ1n) is 14.2. The van der Waals surface area contributed by atoms with E-state index in [9.17, 15) is 41.0 Å². The third-order valence-electron chi connectivity index (χ3n) is 8.34. The Kier molecular flexibility index (Phi) is 7.56. The summed E-state index contributed by atoms with van der Waals surface area (Å²) in [6.07, 6.45) is -7.62. The lowest BCUT2D eigenvalue weighted by Gasteiger charge is -2.41. The fraction of sp³-hybridized carbons (Fsp3) is 0.312. The van der Waals surface area contributed by atoms with Crippen LogP contribution in [0.5, 0.6) is 5.75 Å². The highest BCUT2D eigenvalue weighted by Gasteiger charge is 2.49. The molecule has 0 atom stereocenters. The number of carboxylic acid groups (broad SMARTS) is 1. The number of aromatic carboxylic acids is 1. The summed E-state index contributed by atoms with van der Waals surface area (Å²) in [6.45, 7) is 2.93. The molecule has 1 aliphatic heterocycles. The van der Waals surface area contributed by atoms with E-state index in [0.29, 0.717) is 24.8 Å². The molecular formula is C32H26F6N4O4. The molecule has 1 N–H and O–H groups in total. The number of carbonyl (C=O) groups is 2. The van der Waals surface area contributed by atoms with Gasteiger partial charge in [-0.15, -0.1) is 0 Å². The first-order chi connectivity index (χ1) is 21.7. The van der Waals surface area contributed by atoms with Crippen LogP contribution in [-0.2, 0) is 23.8 Å². The van der Waals surface area contributed by atoms with Crippen molar-refractivity contribution >= 4 is 11.9 Å². The zero-order chi connectivity index (χ0) is 33.0. The van der Waals surface area contributed by atoms with E-state index >= 15 is 0 Å². The molecule has 1 saturated carbocycles. The molecule has 6 rings (SSSR count). The number of carboxylic acids is 1. The summed E-state index contributed by atoms with van der Waals surface area (Å²) >= 11 is 0. The molecule has 2 aromatic carbocycles. The molecule has 1 saturated heterocycles. The molecule has 1 amide bonds. The second-order valence-corrected chi connectivity index (χ2v) is 11.7. The molecule has 2 aliphatic rings. The van der Waals surface area contributed by atoms with Crippen LogP contribution < -0.4 is 4.74 Å². The van der Waals surface area contributed by atoms with Gasteiger partial charge in [-0.2, -0.15) is 31.4 Å². The van der Waals surface area contributed by atoms with Crippen molar-refractivity contribution in [3.63, 3.8) is 0 Å². The summed E-state index contributed by atoms with van der Waals surface area (Å²) in [5.74, 6) is -2.56. The van der Waals surface area contributed by atoms with Gasteiger partial charge >= 0.3 is 18.3 Å². The van der Waals surface area contributed by atoms with Crippen molar-refractivity contribution < 1.29 is 45.8 Å². The fourth-order valence-electron chi connectivity index (χ4n) is 5.44. The Morgan fingerprint density at radius 3 is 2.24 bits per heavy atom. The molecule has 240 valence electrons. The normalized spacial score (nSPS) is 16.2. The van der Waals surface area contributed by atoms with Gasteiger partial charge in [0.25, 0.3) is 0 Å². The second kappa shape index (κ2) is 11.2. The predicted molar refractivity (Wildman–Crippen MR) is 151 cm³/mol. The van der Waals surface area contributed by atoms with Crippen LogP contribution in [0.25, 0.3) is 17.1 Å². The van der Waals surface area contributed by atoms with Gasteiger partial charge in [0.15, 0.2) is 11.5 Å². The number of para-hydroxylation sites is 1. The zero-order valence-corrected chi connectivity index (χ0v) is 24.2. The number of pyridine rings is 1. The maximum absolute atomic E-state index is 14.1. The summed E-state index contributed by atoms with van der Waals surface area (Å²) in [6, 6.07) is 14.1. The summed E-state index contributed by atoms with van der Waals surface area (Å²) < 4.78 is 89.7. The molecule has 8 nitrogen and oxygen atoms in total. The van der Waals surface area contributed by atoms with Crippen LogP contribution in [0, 0.1) is 5.41 Å². The number of benzene rings is 2. The number of amides is 1. The SMILES string of the molecule is CC1(C(=O)N2CC(c3ccc(COc4c(-c5cccc(-n6ncc(C(=O)O)c6C(F)(F)F)n5)cccc4C(F)(F)F)cc3)C2)CC1. The smallest absolute Gasteiger partial charge is 0.434 e. The lowest BCUT2D eigenvalue weighted by atomic mass is 9.89. The van der Waals surface area contributed by atoms with Crippen LogP contribution in [0.3, 0.4) is 0 Å². The molecule has 4 aromatic rings. The van der Waals surface area contributed by atoms with Crippen molar-refractivity contribution in [1.29, 1.82) is 0 Å². The number of likely N-dealkylation sites (tertiary alicyclic amines) is 1. The maximum atomic E-state index is 14.1. The molecule has 0 radical (unpaired) electrons. The lowest BCUT2D eigenvalue weighted by molar-refractivity contribution is -0.143.